The third kappa shape index (κ3) is 2.89. The Balaban J connectivity index is 2.19. The second-order valence-electron chi connectivity index (χ2n) is 6.11. The molecule has 25 heavy (non-hydrogen) atoms. The van der Waals surface area contributed by atoms with E-state index < -0.39 is 5.97 Å². The van der Waals surface area contributed by atoms with Crippen molar-refractivity contribution >= 4 is 23.0 Å². The van der Waals surface area contributed by atoms with Crippen LogP contribution in [0.15, 0.2) is 30.3 Å². The molecule has 2 aromatic carbocycles. The summed E-state index contributed by atoms with van der Waals surface area (Å²) in [4.78, 5) is 13.5. The predicted octanol–water partition coefficient (Wildman–Crippen LogP) is 3.55. The van der Waals surface area contributed by atoms with E-state index in [9.17, 15) is 9.90 Å². The second kappa shape index (κ2) is 6.64. The lowest BCUT2D eigenvalue weighted by molar-refractivity contribution is 0.0696. The van der Waals surface area contributed by atoms with Crippen LogP contribution >= 0.6 is 0 Å². The van der Waals surface area contributed by atoms with Gasteiger partial charge in [0.15, 0.2) is 0 Å². The zero-order valence-electron chi connectivity index (χ0n) is 14.8. The first-order valence-electron chi connectivity index (χ1n) is 8.04. The molecule has 0 saturated carbocycles. The maximum Gasteiger partial charge on any atom is 0.335 e. The van der Waals surface area contributed by atoms with Crippen LogP contribution in [-0.2, 0) is 4.74 Å². The van der Waals surface area contributed by atoms with E-state index in [1.54, 1.807) is 26.4 Å². The normalized spacial score (nSPS) is 15.7. The number of fused-ring (bicyclic) bond motifs is 1. The van der Waals surface area contributed by atoms with Gasteiger partial charge in [-0.25, -0.2) is 4.79 Å². The molecule has 0 fully saturated rings. The van der Waals surface area contributed by atoms with Crippen LogP contribution in [0.25, 0.3) is 0 Å². The Morgan fingerprint density at radius 2 is 1.88 bits per heavy atom. The first-order valence-corrected chi connectivity index (χ1v) is 8.04. The molecule has 2 N–H and O–H groups in total. The molecule has 1 heterocycles. The van der Waals surface area contributed by atoms with E-state index >= 15 is 0 Å². The molecule has 1 unspecified atom stereocenters. The van der Waals surface area contributed by atoms with Gasteiger partial charge in [-0.1, -0.05) is 6.07 Å². The van der Waals surface area contributed by atoms with Crippen LogP contribution in [0.4, 0.5) is 17.1 Å². The summed E-state index contributed by atoms with van der Waals surface area (Å²) in [6.07, 6.45) is -0.107. The van der Waals surface area contributed by atoms with Crippen molar-refractivity contribution in [3.63, 3.8) is 0 Å². The lowest BCUT2D eigenvalue weighted by Gasteiger charge is -2.30. The largest absolute Gasteiger partial charge is 0.494 e. The summed E-state index contributed by atoms with van der Waals surface area (Å²) in [7, 11) is 3.30. The summed E-state index contributed by atoms with van der Waals surface area (Å²) in [5.74, 6) is -0.173. The van der Waals surface area contributed by atoms with E-state index in [1.807, 2.05) is 32.0 Å². The smallest absolute Gasteiger partial charge is 0.335 e. The highest BCUT2D eigenvalue weighted by Crippen LogP contribution is 2.48. The predicted molar refractivity (Wildman–Crippen MR) is 97.3 cm³/mol. The molecule has 0 spiro atoms. The number of methoxy groups -OCH3 is 2. The summed E-state index contributed by atoms with van der Waals surface area (Å²) in [6.45, 7) is 4.31. The minimum absolute atomic E-state index is 0.107. The molecule has 1 aliphatic heterocycles. The average molecular weight is 342 g/mol. The van der Waals surface area contributed by atoms with E-state index in [-0.39, 0.29) is 11.7 Å². The SMILES string of the molecule is COCC1Nc2cccc(OC)c2N1c1c(C)cc(C(=O)O)cc1C. The minimum Gasteiger partial charge on any atom is -0.494 e. The van der Waals surface area contributed by atoms with Gasteiger partial charge >= 0.3 is 5.97 Å². The number of benzene rings is 2. The van der Waals surface area contributed by atoms with Crippen molar-refractivity contribution in [2.45, 2.75) is 20.0 Å². The Bertz CT molecular complexity index is 796. The molecule has 0 saturated heterocycles. The Hall–Kier alpha value is -2.73. The number of para-hydroxylation sites is 1. The van der Waals surface area contributed by atoms with Crippen molar-refractivity contribution in [2.24, 2.45) is 0 Å². The number of aromatic carboxylic acids is 1. The molecule has 6 nitrogen and oxygen atoms in total. The molecular formula is C19H22N2O4. The Kier molecular flexibility index (Phi) is 4.55. The number of nitrogens with one attached hydrogen (secondary N) is 1. The van der Waals surface area contributed by atoms with Crippen molar-refractivity contribution in [2.75, 3.05) is 31.0 Å². The molecule has 2 aromatic rings. The first kappa shape index (κ1) is 17.1. The van der Waals surface area contributed by atoms with Crippen LogP contribution in [-0.4, -0.2) is 38.1 Å². The van der Waals surface area contributed by atoms with Gasteiger partial charge in [0.05, 0.1) is 25.0 Å². The van der Waals surface area contributed by atoms with Gasteiger partial charge in [-0.05, 0) is 49.2 Å². The van der Waals surface area contributed by atoms with Crippen LogP contribution in [0.1, 0.15) is 21.5 Å². The number of carboxylic acid groups (broad SMARTS) is 1. The molecule has 0 amide bonds. The van der Waals surface area contributed by atoms with Gasteiger partial charge in [0.25, 0.3) is 0 Å². The van der Waals surface area contributed by atoms with Gasteiger partial charge in [-0.3, -0.25) is 0 Å². The van der Waals surface area contributed by atoms with Crippen LogP contribution in [0.5, 0.6) is 5.75 Å². The quantitative estimate of drug-likeness (QED) is 0.866. The van der Waals surface area contributed by atoms with Gasteiger partial charge < -0.3 is 24.8 Å². The van der Waals surface area contributed by atoms with Crippen molar-refractivity contribution in [3.05, 3.63) is 47.0 Å². The highest BCUT2D eigenvalue weighted by Gasteiger charge is 2.34. The maximum atomic E-state index is 11.3. The number of ether oxygens (including phenoxy) is 2. The lowest BCUT2D eigenvalue weighted by Crippen LogP contribution is -2.36. The standard InChI is InChI=1S/C19H22N2O4/c1-11-8-13(19(22)23)9-12(2)17(11)21-16(10-24-3)20-14-6-5-7-15(25-4)18(14)21/h5-9,16,20H,10H2,1-4H3,(H,22,23). The molecule has 0 aliphatic carbocycles. The summed E-state index contributed by atoms with van der Waals surface area (Å²) >= 11 is 0. The van der Waals surface area contributed by atoms with Crippen LogP contribution < -0.4 is 15.0 Å². The molecule has 3 rings (SSSR count). The van der Waals surface area contributed by atoms with Gasteiger partial charge in [0.2, 0.25) is 0 Å². The fourth-order valence-electron chi connectivity index (χ4n) is 3.45. The molecule has 132 valence electrons. The van der Waals surface area contributed by atoms with Gasteiger partial charge in [-0.15, -0.1) is 0 Å². The molecule has 0 aromatic heterocycles. The molecule has 0 radical (unpaired) electrons. The highest BCUT2D eigenvalue weighted by atomic mass is 16.5. The molecule has 6 heteroatoms. The number of carboxylic acids is 1. The summed E-state index contributed by atoms with van der Waals surface area (Å²) < 4.78 is 10.9. The van der Waals surface area contributed by atoms with Crippen LogP contribution in [0.2, 0.25) is 0 Å². The maximum absolute atomic E-state index is 11.3. The van der Waals surface area contributed by atoms with Gasteiger partial charge in [0, 0.05) is 12.8 Å². The Labute approximate surface area is 147 Å². The zero-order valence-corrected chi connectivity index (χ0v) is 14.8. The number of hydrogen-bond acceptors (Lipinski definition) is 5. The van der Waals surface area contributed by atoms with Crippen LogP contribution in [0, 0.1) is 13.8 Å². The number of anilines is 3. The lowest BCUT2D eigenvalue weighted by atomic mass is 10.0. The Morgan fingerprint density at radius 3 is 2.44 bits per heavy atom. The van der Waals surface area contributed by atoms with Gasteiger partial charge in [0.1, 0.15) is 17.6 Å². The number of rotatable bonds is 5. The monoisotopic (exact) mass is 342 g/mol. The topological polar surface area (TPSA) is 71.0 Å². The van der Waals surface area contributed by atoms with Crippen molar-refractivity contribution < 1.29 is 19.4 Å². The van der Waals surface area contributed by atoms with Crippen molar-refractivity contribution in [3.8, 4) is 5.75 Å². The molecular weight excluding hydrogens is 320 g/mol. The number of aryl methyl sites for hydroxylation is 2. The fraction of sp³-hybridized carbons (Fsp3) is 0.316. The van der Waals surface area contributed by atoms with Gasteiger partial charge in [-0.2, -0.15) is 0 Å². The summed E-state index contributed by atoms with van der Waals surface area (Å²) in [5, 5.41) is 12.8. The fourth-order valence-corrected chi connectivity index (χ4v) is 3.45. The number of carbonyl (C=O) groups is 1. The average Bonchev–Trinajstić information content (AvgIpc) is 2.92. The van der Waals surface area contributed by atoms with E-state index in [4.69, 9.17) is 9.47 Å². The first-order chi connectivity index (χ1) is 12.0. The number of nitrogens with zero attached hydrogens (tertiary/aromatic N) is 1. The molecule has 1 atom stereocenters. The highest BCUT2D eigenvalue weighted by molar-refractivity contribution is 5.92. The van der Waals surface area contributed by atoms with E-state index in [2.05, 4.69) is 10.2 Å². The van der Waals surface area contributed by atoms with E-state index in [1.165, 1.54) is 0 Å². The minimum atomic E-state index is -0.927. The molecule has 1 aliphatic rings. The third-order valence-corrected chi connectivity index (χ3v) is 4.40. The van der Waals surface area contributed by atoms with E-state index in [0.717, 1.165) is 33.9 Å². The third-order valence-electron chi connectivity index (χ3n) is 4.40. The summed E-state index contributed by atoms with van der Waals surface area (Å²) in [5.41, 5.74) is 4.92. The summed E-state index contributed by atoms with van der Waals surface area (Å²) in [6, 6.07) is 9.24. The van der Waals surface area contributed by atoms with Crippen molar-refractivity contribution in [1.29, 1.82) is 0 Å². The van der Waals surface area contributed by atoms with Crippen LogP contribution in [0.3, 0.4) is 0 Å². The number of hydrogen-bond donors (Lipinski definition) is 2. The second-order valence-corrected chi connectivity index (χ2v) is 6.11. The molecule has 0 bridgehead atoms. The van der Waals surface area contributed by atoms with E-state index in [0.29, 0.717) is 6.61 Å². The zero-order chi connectivity index (χ0) is 18.1. The Morgan fingerprint density at radius 1 is 1.20 bits per heavy atom. The van der Waals surface area contributed by atoms with Crippen molar-refractivity contribution in [1.82, 2.24) is 0 Å².